The third-order valence-corrected chi connectivity index (χ3v) is 4.14. The number of hydrogen-bond donors (Lipinski definition) is 1. The van der Waals surface area contributed by atoms with Crippen LogP contribution in [0.3, 0.4) is 0 Å². The zero-order valence-corrected chi connectivity index (χ0v) is 15.7. The number of esters is 1. The van der Waals surface area contributed by atoms with E-state index >= 15 is 0 Å². The molecule has 150 valence electrons. The Kier molecular flexibility index (Phi) is 3.79. The molecule has 0 saturated carbocycles. The van der Waals surface area contributed by atoms with Crippen molar-refractivity contribution in [3.8, 4) is 5.75 Å². The van der Waals surface area contributed by atoms with E-state index in [9.17, 15) is 14.4 Å². The first-order valence-corrected chi connectivity index (χ1v) is 8.59. The molecule has 1 heterocycles. The summed E-state index contributed by atoms with van der Waals surface area (Å²) in [5.74, 6) is -3.26. The summed E-state index contributed by atoms with van der Waals surface area (Å²) >= 11 is 0. The number of aromatic nitrogens is 1. The molecule has 3 rings (SSSR count). The van der Waals surface area contributed by atoms with Crippen molar-refractivity contribution in [2.24, 2.45) is 5.73 Å². The highest BCUT2D eigenvalue weighted by atomic mass is 16.6. The molecule has 0 bridgehead atoms. The van der Waals surface area contributed by atoms with Gasteiger partial charge in [0.1, 0.15) is 5.75 Å². The van der Waals surface area contributed by atoms with Crippen LogP contribution in [-0.4, -0.2) is 35.9 Å². The van der Waals surface area contributed by atoms with Crippen LogP contribution in [0.15, 0.2) is 48.4 Å². The van der Waals surface area contributed by atoms with Crippen LogP contribution in [0.25, 0.3) is 10.9 Å². The molecule has 0 unspecified atom stereocenters. The number of carbonyl (C=O) groups is 3. The number of nitrogens with zero attached hydrogens (tertiary/aromatic N) is 1. The fourth-order valence-electron chi connectivity index (χ4n) is 2.92. The monoisotopic (exact) mass is 401 g/mol. The number of Topliss-reactive ketones (excluding diaryl/α,β-unsaturated/α-hetero) is 1. The van der Waals surface area contributed by atoms with Crippen molar-refractivity contribution in [2.75, 3.05) is 13.7 Å². The van der Waals surface area contributed by atoms with E-state index in [2.05, 4.69) is 4.74 Å². The number of nitrogens with two attached hydrogens (primary N) is 1. The maximum absolute atomic E-state index is 12.9. The molecule has 2 N–H and O–H groups in total. The van der Waals surface area contributed by atoms with Crippen molar-refractivity contribution >= 4 is 28.6 Å². The third kappa shape index (κ3) is 3.99. The second-order valence-corrected chi connectivity index (χ2v) is 5.83. The van der Waals surface area contributed by atoms with Gasteiger partial charge in [-0.15, -0.1) is 0 Å². The first-order valence-electron chi connectivity index (χ1n) is 12.1. The van der Waals surface area contributed by atoms with Crippen LogP contribution in [0, 0.1) is 0 Å². The van der Waals surface area contributed by atoms with Gasteiger partial charge in [0.2, 0.25) is 0 Å². The number of fused-ring (bicyclic) bond motifs is 1. The molecule has 0 saturated heterocycles. The molecule has 3 aromatic rings. The Balaban J connectivity index is 2.48. The normalized spacial score (nSPS) is 14.6. The number of hydrogen-bond acceptors (Lipinski definition) is 5. The third-order valence-electron chi connectivity index (χ3n) is 4.14. The molecule has 0 fully saturated rings. The molecule has 0 radical (unpaired) electrons. The lowest BCUT2D eigenvalue weighted by molar-refractivity contribution is -0.142. The highest BCUT2D eigenvalue weighted by Gasteiger charge is 2.27. The minimum Gasteiger partial charge on any atom is -0.481 e. The number of methoxy groups -OCH3 is 1. The molecule has 0 aliphatic rings. The van der Waals surface area contributed by atoms with Gasteiger partial charge in [-0.1, -0.05) is 43.2 Å². The summed E-state index contributed by atoms with van der Waals surface area (Å²) in [6.07, 6.45) is -0.0162. The summed E-state index contributed by atoms with van der Waals surface area (Å²) in [6, 6.07) is 0.547. The first kappa shape index (κ1) is 12.8. The number of benzene rings is 2. The quantitative estimate of drug-likeness (QED) is 0.355. The molecule has 0 aliphatic heterocycles. The van der Waals surface area contributed by atoms with Crippen molar-refractivity contribution in [3.05, 3.63) is 65.2 Å². The minimum absolute atomic E-state index is 0.00984. The molecular formula is C22H22N2O5. The van der Waals surface area contributed by atoms with Crippen LogP contribution >= 0.6 is 0 Å². The molecule has 0 aliphatic carbocycles. The number of carbonyl (C=O) groups excluding carboxylic acids is 3. The van der Waals surface area contributed by atoms with Crippen molar-refractivity contribution < 1.29 is 33.5 Å². The highest BCUT2D eigenvalue weighted by molar-refractivity contribution is 6.45. The maximum atomic E-state index is 12.9. The van der Waals surface area contributed by atoms with Crippen molar-refractivity contribution in [3.63, 3.8) is 0 Å². The van der Waals surface area contributed by atoms with Gasteiger partial charge in [0.05, 0.1) is 33.2 Å². The topological polar surface area (TPSA) is 101 Å². The fraction of sp³-hybridized carbons (Fsp3) is 0.227. The standard InChI is InChI=1S/C22H22N2O5/c1-3-15-20(21(26)22(23)27)19-16(24(15)12-14-8-5-4-6-9-14)10-7-11-17(19)29-13-18(25)28-2/h4-11H,3,12-13H2,1-2H3,(H2,23,27)/i4D,5D,6D,8D,9D,12D2. The van der Waals surface area contributed by atoms with Gasteiger partial charge in [0, 0.05) is 12.2 Å². The van der Waals surface area contributed by atoms with E-state index in [0.717, 1.165) is 11.7 Å². The summed E-state index contributed by atoms with van der Waals surface area (Å²) in [4.78, 5) is 36.5. The smallest absolute Gasteiger partial charge is 0.343 e. The maximum Gasteiger partial charge on any atom is 0.343 e. The summed E-state index contributed by atoms with van der Waals surface area (Å²) in [5.41, 5.74) is 4.31. The van der Waals surface area contributed by atoms with Crippen LogP contribution in [0.5, 0.6) is 5.75 Å². The van der Waals surface area contributed by atoms with E-state index in [0.29, 0.717) is 0 Å². The second kappa shape index (κ2) is 8.60. The molecule has 29 heavy (non-hydrogen) atoms. The fourth-order valence-corrected chi connectivity index (χ4v) is 2.92. The van der Waals surface area contributed by atoms with Crippen molar-refractivity contribution in [1.29, 1.82) is 0 Å². The van der Waals surface area contributed by atoms with E-state index in [4.69, 9.17) is 20.1 Å². The lowest BCUT2D eigenvalue weighted by Crippen LogP contribution is -2.24. The van der Waals surface area contributed by atoms with Gasteiger partial charge in [0.25, 0.3) is 11.7 Å². The van der Waals surface area contributed by atoms with E-state index in [-0.39, 0.29) is 34.3 Å². The number of rotatable bonds is 8. The molecule has 7 heteroatoms. The molecule has 7 nitrogen and oxygen atoms in total. The number of amides is 1. The SMILES string of the molecule is [2H]c1c([2H])c([2H])c(C([2H])([2H])n2c(CC)c(C(=O)C(N)=O)c3c(OCC(=O)OC)cccc32)c([2H])c1[2H]. The molecule has 1 amide bonds. The van der Waals surface area contributed by atoms with Gasteiger partial charge in [-0.05, 0) is 24.1 Å². The lowest BCUT2D eigenvalue weighted by Gasteiger charge is -2.11. The summed E-state index contributed by atoms with van der Waals surface area (Å²) in [7, 11) is 1.15. The van der Waals surface area contributed by atoms with Gasteiger partial charge in [0.15, 0.2) is 6.61 Å². The van der Waals surface area contributed by atoms with E-state index in [1.807, 2.05) is 0 Å². The largest absolute Gasteiger partial charge is 0.481 e. The Labute approximate surface area is 177 Å². The first-order chi connectivity index (χ1) is 16.8. The van der Waals surface area contributed by atoms with E-state index in [1.54, 1.807) is 6.92 Å². The predicted octanol–water partition coefficient (Wildman–Crippen LogP) is 2.47. The zero-order chi connectivity index (χ0) is 27.1. The molecule has 2 aromatic carbocycles. The van der Waals surface area contributed by atoms with Crippen LogP contribution in [-0.2, 0) is 27.2 Å². The minimum atomic E-state index is -2.80. The Morgan fingerprint density at radius 2 is 1.93 bits per heavy atom. The van der Waals surface area contributed by atoms with Crippen LogP contribution in [0.4, 0.5) is 0 Å². The summed E-state index contributed by atoms with van der Waals surface area (Å²) in [6.45, 7) is -1.77. The van der Waals surface area contributed by atoms with E-state index < -0.39 is 66.5 Å². The van der Waals surface area contributed by atoms with Crippen LogP contribution < -0.4 is 10.5 Å². The predicted molar refractivity (Wildman–Crippen MR) is 108 cm³/mol. The van der Waals surface area contributed by atoms with Crippen LogP contribution in [0.2, 0.25) is 0 Å². The second-order valence-electron chi connectivity index (χ2n) is 5.83. The van der Waals surface area contributed by atoms with Gasteiger partial charge in [-0.2, -0.15) is 0 Å². The Morgan fingerprint density at radius 3 is 2.55 bits per heavy atom. The van der Waals surface area contributed by atoms with Gasteiger partial charge >= 0.3 is 5.97 Å². The zero-order valence-electron chi connectivity index (χ0n) is 22.7. The Bertz CT molecular complexity index is 1390. The molecular weight excluding hydrogens is 372 g/mol. The lowest BCUT2D eigenvalue weighted by atomic mass is 10.0. The number of primary amides is 1. The van der Waals surface area contributed by atoms with Crippen molar-refractivity contribution in [1.82, 2.24) is 4.57 Å². The van der Waals surface area contributed by atoms with Gasteiger partial charge in [-0.3, -0.25) is 9.59 Å². The van der Waals surface area contributed by atoms with Gasteiger partial charge in [-0.25, -0.2) is 4.79 Å². The Morgan fingerprint density at radius 1 is 1.21 bits per heavy atom. The van der Waals surface area contributed by atoms with Crippen LogP contribution in [0.1, 0.15) is 38.1 Å². The van der Waals surface area contributed by atoms with E-state index in [1.165, 1.54) is 18.2 Å². The van der Waals surface area contributed by atoms with Gasteiger partial charge < -0.3 is 19.8 Å². The average Bonchev–Trinajstić information content (AvgIpc) is 3.19. The molecule has 1 aromatic heterocycles. The summed E-state index contributed by atoms with van der Waals surface area (Å²) in [5, 5.41) is -0.0294. The molecule has 0 atom stereocenters. The average molecular weight is 401 g/mol. The highest BCUT2D eigenvalue weighted by Crippen LogP contribution is 2.35. The number of ketones is 1. The number of ether oxygens (including phenoxy) is 2. The molecule has 0 spiro atoms. The van der Waals surface area contributed by atoms with Crippen molar-refractivity contribution in [2.45, 2.75) is 19.8 Å². The summed E-state index contributed by atoms with van der Waals surface area (Å²) < 4.78 is 69.2. The Hall–Kier alpha value is -3.61.